The van der Waals surface area contributed by atoms with Gasteiger partial charge >= 0.3 is 0 Å². The minimum absolute atomic E-state index is 0.0872. The Bertz CT molecular complexity index is 804. The molecule has 2 amide bonds. The predicted molar refractivity (Wildman–Crippen MR) is 104 cm³/mol. The topological polar surface area (TPSA) is 49.4 Å². The number of amides is 2. The molecule has 1 aliphatic heterocycles. The van der Waals surface area contributed by atoms with Gasteiger partial charge in [-0.25, -0.2) is 0 Å². The van der Waals surface area contributed by atoms with Crippen LogP contribution in [0, 0.1) is 0 Å². The molecule has 3 rings (SSSR count). The van der Waals surface area contributed by atoms with Gasteiger partial charge in [0, 0.05) is 30.8 Å². The van der Waals surface area contributed by atoms with Crippen molar-refractivity contribution >= 4 is 17.5 Å². The summed E-state index contributed by atoms with van der Waals surface area (Å²) in [4.78, 5) is 26.2. The lowest BCUT2D eigenvalue weighted by Gasteiger charge is -2.19. The normalized spacial score (nSPS) is 14.6. The molecule has 26 heavy (non-hydrogen) atoms. The number of anilines is 1. The van der Waals surface area contributed by atoms with Gasteiger partial charge in [0.25, 0.3) is 5.91 Å². The molecule has 136 valence electrons. The molecule has 0 spiro atoms. The van der Waals surface area contributed by atoms with E-state index >= 15 is 0 Å². The van der Waals surface area contributed by atoms with Crippen LogP contribution < -0.4 is 5.32 Å². The van der Waals surface area contributed by atoms with Crippen LogP contribution in [0.1, 0.15) is 55.1 Å². The SMILES string of the molecule is CC(C)(C)c1ccc(NC(=O)c2cccc(CN3CCCC3=O)c2)cc1. The van der Waals surface area contributed by atoms with E-state index in [0.717, 1.165) is 24.2 Å². The van der Waals surface area contributed by atoms with Crippen LogP contribution in [0.25, 0.3) is 0 Å². The Morgan fingerprint density at radius 1 is 1.12 bits per heavy atom. The summed E-state index contributed by atoms with van der Waals surface area (Å²) in [6, 6.07) is 15.5. The van der Waals surface area contributed by atoms with Gasteiger partial charge in [-0.15, -0.1) is 0 Å². The third-order valence-corrected chi connectivity index (χ3v) is 4.74. The van der Waals surface area contributed by atoms with Gasteiger partial charge in [-0.05, 0) is 47.2 Å². The molecule has 0 aromatic heterocycles. The average molecular weight is 350 g/mol. The molecule has 2 aromatic carbocycles. The fourth-order valence-electron chi connectivity index (χ4n) is 3.16. The van der Waals surface area contributed by atoms with Gasteiger partial charge in [-0.3, -0.25) is 9.59 Å². The minimum Gasteiger partial charge on any atom is -0.338 e. The summed E-state index contributed by atoms with van der Waals surface area (Å²) in [6.45, 7) is 7.86. The highest BCUT2D eigenvalue weighted by Gasteiger charge is 2.20. The van der Waals surface area contributed by atoms with E-state index in [9.17, 15) is 9.59 Å². The van der Waals surface area contributed by atoms with Crippen LogP contribution in [0.2, 0.25) is 0 Å². The molecule has 4 nitrogen and oxygen atoms in total. The van der Waals surface area contributed by atoms with Crippen LogP contribution in [0.15, 0.2) is 48.5 Å². The zero-order chi connectivity index (χ0) is 18.7. The number of nitrogens with one attached hydrogen (secondary N) is 1. The number of hydrogen-bond acceptors (Lipinski definition) is 2. The Balaban J connectivity index is 1.68. The van der Waals surface area contributed by atoms with E-state index in [2.05, 4.69) is 26.1 Å². The second-order valence-electron chi connectivity index (χ2n) is 7.90. The third-order valence-electron chi connectivity index (χ3n) is 4.74. The van der Waals surface area contributed by atoms with E-state index in [1.54, 1.807) is 6.07 Å². The lowest BCUT2D eigenvalue weighted by atomic mass is 9.87. The Hall–Kier alpha value is -2.62. The smallest absolute Gasteiger partial charge is 0.255 e. The number of benzene rings is 2. The Morgan fingerprint density at radius 2 is 1.85 bits per heavy atom. The maximum atomic E-state index is 12.6. The molecular weight excluding hydrogens is 324 g/mol. The van der Waals surface area contributed by atoms with Gasteiger partial charge in [0.05, 0.1) is 0 Å². The van der Waals surface area contributed by atoms with Crippen molar-refractivity contribution in [2.75, 3.05) is 11.9 Å². The molecule has 1 N–H and O–H groups in total. The first-order chi connectivity index (χ1) is 12.3. The highest BCUT2D eigenvalue weighted by Crippen LogP contribution is 2.24. The van der Waals surface area contributed by atoms with Crippen molar-refractivity contribution in [3.05, 3.63) is 65.2 Å². The molecule has 1 fully saturated rings. The summed E-state index contributed by atoms with van der Waals surface area (Å²) in [5.74, 6) is 0.0573. The van der Waals surface area contributed by atoms with Gasteiger partial charge in [0.1, 0.15) is 0 Å². The molecule has 1 heterocycles. The minimum atomic E-state index is -0.136. The number of carbonyl (C=O) groups is 2. The first-order valence-corrected chi connectivity index (χ1v) is 9.11. The van der Waals surface area contributed by atoms with Gasteiger partial charge in [0.2, 0.25) is 5.91 Å². The van der Waals surface area contributed by atoms with E-state index < -0.39 is 0 Å². The van der Waals surface area contributed by atoms with Gasteiger partial charge < -0.3 is 10.2 Å². The molecule has 1 saturated heterocycles. The molecule has 0 saturated carbocycles. The van der Waals surface area contributed by atoms with Crippen LogP contribution >= 0.6 is 0 Å². The van der Waals surface area contributed by atoms with Gasteiger partial charge in [-0.1, -0.05) is 45.0 Å². The standard InChI is InChI=1S/C22H26N2O2/c1-22(2,3)18-9-11-19(12-10-18)23-21(26)17-7-4-6-16(14-17)15-24-13-5-8-20(24)25/h4,6-7,9-12,14H,5,8,13,15H2,1-3H3,(H,23,26). The van der Waals surface area contributed by atoms with Crippen molar-refractivity contribution < 1.29 is 9.59 Å². The number of hydrogen-bond donors (Lipinski definition) is 1. The summed E-state index contributed by atoms with van der Waals surface area (Å²) in [7, 11) is 0. The Morgan fingerprint density at radius 3 is 2.46 bits per heavy atom. The molecule has 1 aliphatic rings. The third kappa shape index (κ3) is 4.31. The quantitative estimate of drug-likeness (QED) is 0.891. The molecule has 0 unspecified atom stereocenters. The molecule has 4 heteroatoms. The van der Waals surface area contributed by atoms with E-state index in [-0.39, 0.29) is 17.2 Å². The van der Waals surface area contributed by atoms with Crippen LogP contribution in [0.4, 0.5) is 5.69 Å². The van der Waals surface area contributed by atoms with E-state index in [1.165, 1.54) is 5.56 Å². The van der Waals surface area contributed by atoms with Crippen LogP contribution in [-0.4, -0.2) is 23.3 Å². The molecular formula is C22H26N2O2. The first-order valence-electron chi connectivity index (χ1n) is 9.11. The lowest BCUT2D eigenvalue weighted by Crippen LogP contribution is -2.24. The summed E-state index contributed by atoms with van der Waals surface area (Å²) in [5, 5.41) is 2.95. The maximum absolute atomic E-state index is 12.6. The molecule has 0 aliphatic carbocycles. The Labute approximate surface area is 155 Å². The highest BCUT2D eigenvalue weighted by atomic mass is 16.2. The maximum Gasteiger partial charge on any atom is 0.255 e. The molecule has 0 atom stereocenters. The van der Waals surface area contributed by atoms with Crippen LogP contribution in [0.3, 0.4) is 0 Å². The summed E-state index contributed by atoms with van der Waals surface area (Å²) >= 11 is 0. The highest BCUT2D eigenvalue weighted by molar-refractivity contribution is 6.04. The first kappa shape index (κ1) is 18.2. The second-order valence-corrected chi connectivity index (χ2v) is 7.90. The van der Waals surface area contributed by atoms with Crippen LogP contribution in [-0.2, 0) is 16.8 Å². The van der Waals surface area contributed by atoms with E-state index in [1.807, 2.05) is 47.4 Å². The van der Waals surface area contributed by atoms with Crippen molar-refractivity contribution in [3.63, 3.8) is 0 Å². The number of rotatable bonds is 4. The van der Waals surface area contributed by atoms with E-state index in [4.69, 9.17) is 0 Å². The summed E-state index contributed by atoms with van der Waals surface area (Å²) < 4.78 is 0. The fraction of sp³-hybridized carbons (Fsp3) is 0.364. The number of carbonyl (C=O) groups excluding carboxylic acids is 2. The number of nitrogens with zero attached hydrogens (tertiary/aromatic N) is 1. The number of likely N-dealkylation sites (tertiary alicyclic amines) is 1. The van der Waals surface area contributed by atoms with Gasteiger partial charge in [-0.2, -0.15) is 0 Å². The monoisotopic (exact) mass is 350 g/mol. The van der Waals surface area contributed by atoms with E-state index in [0.29, 0.717) is 18.5 Å². The van der Waals surface area contributed by atoms with Crippen molar-refractivity contribution in [1.82, 2.24) is 4.90 Å². The zero-order valence-electron chi connectivity index (χ0n) is 15.7. The van der Waals surface area contributed by atoms with Crippen molar-refractivity contribution in [1.29, 1.82) is 0 Å². The molecule has 2 aromatic rings. The van der Waals surface area contributed by atoms with Crippen molar-refractivity contribution in [2.45, 2.75) is 45.6 Å². The Kier molecular flexibility index (Phi) is 5.12. The largest absolute Gasteiger partial charge is 0.338 e. The molecule has 0 radical (unpaired) electrons. The second kappa shape index (κ2) is 7.32. The summed E-state index contributed by atoms with van der Waals surface area (Å²) in [5.41, 5.74) is 3.69. The van der Waals surface area contributed by atoms with Gasteiger partial charge in [0.15, 0.2) is 0 Å². The fourth-order valence-corrected chi connectivity index (χ4v) is 3.16. The van der Waals surface area contributed by atoms with Crippen LogP contribution in [0.5, 0.6) is 0 Å². The zero-order valence-corrected chi connectivity index (χ0v) is 15.7. The lowest BCUT2D eigenvalue weighted by molar-refractivity contribution is -0.128. The predicted octanol–water partition coefficient (Wildman–Crippen LogP) is 4.36. The van der Waals surface area contributed by atoms with Crippen molar-refractivity contribution in [3.8, 4) is 0 Å². The van der Waals surface area contributed by atoms with Crippen molar-refractivity contribution in [2.24, 2.45) is 0 Å². The molecule has 0 bridgehead atoms. The average Bonchev–Trinajstić information content (AvgIpc) is 2.99. The summed E-state index contributed by atoms with van der Waals surface area (Å²) in [6.07, 6.45) is 1.55.